The molecule has 0 saturated carbocycles. The Labute approximate surface area is 201 Å². The van der Waals surface area contributed by atoms with E-state index in [1.807, 2.05) is 36.4 Å². The fraction of sp³-hybridized carbons (Fsp3) is 0.200. The van der Waals surface area contributed by atoms with Crippen LogP contribution in [0, 0.1) is 0 Å². The molecule has 1 aromatic heterocycles. The number of amides is 2. The number of nitrogens with one attached hydrogen (secondary N) is 1. The number of phenols is 1. The molecule has 0 fully saturated rings. The van der Waals surface area contributed by atoms with Crippen LogP contribution in [0.15, 0.2) is 48.5 Å². The van der Waals surface area contributed by atoms with Gasteiger partial charge in [-0.3, -0.25) is 0 Å². The maximum absolute atomic E-state index is 13.6. The second kappa shape index (κ2) is 8.41. The number of hydrogen-bond acceptors (Lipinski definition) is 4. The Bertz CT molecular complexity index is 1430. The van der Waals surface area contributed by atoms with E-state index in [1.165, 1.54) is 6.92 Å². The number of ether oxygens (including phenoxy) is 1. The topological polar surface area (TPSA) is 78.9 Å². The van der Waals surface area contributed by atoms with Crippen LogP contribution in [-0.2, 0) is 4.79 Å². The van der Waals surface area contributed by atoms with Gasteiger partial charge >= 0.3 is 202 Å². The van der Waals surface area contributed by atoms with Crippen molar-refractivity contribution in [1.29, 1.82) is 0 Å². The van der Waals surface area contributed by atoms with Crippen molar-refractivity contribution in [2.45, 2.75) is 12.8 Å². The molecule has 1 atom stereocenters. The number of hydrogen-bond donors (Lipinski definition) is 2. The molecule has 33 heavy (non-hydrogen) atoms. The zero-order valence-corrected chi connectivity index (χ0v) is 20.5. The van der Waals surface area contributed by atoms with Gasteiger partial charge in [0.05, 0.1) is 0 Å². The van der Waals surface area contributed by atoms with Gasteiger partial charge in [0.2, 0.25) is 0 Å². The van der Waals surface area contributed by atoms with Crippen LogP contribution in [0.3, 0.4) is 0 Å². The summed E-state index contributed by atoms with van der Waals surface area (Å²) < 4.78 is 7.21. The van der Waals surface area contributed by atoms with Gasteiger partial charge in [0.15, 0.2) is 0 Å². The molecule has 1 aliphatic rings. The van der Waals surface area contributed by atoms with E-state index >= 15 is 0 Å². The standard InChI is InChI=1S/C25H21ClN2O4Se/c1-13(29)27-16-3-6-22-14(7-16)8-23(33-22)25(31)28-12-15(11-26)24-19-9-17(32-2)4-5-18(19)21(30)10-20(24)28/h3-10,15,30H,11-12H2,1-2H3,(H,27,29). The molecule has 0 spiro atoms. The number of fused-ring (bicyclic) bond motifs is 4. The molecular weight excluding hydrogens is 507 g/mol. The number of rotatable bonds is 4. The zero-order chi connectivity index (χ0) is 23.3. The number of carbonyl (C=O) groups is 2. The number of benzene rings is 3. The molecule has 6 nitrogen and oxygen atoms in total. The van der Waals surface area contributed by atoms with Gasteiger partial charge in [-0.05, 0) is 0 Å². The van der Waals surface area contributed by atoms with Crippen LogP contribution in [0.4, 0.5) is 11.4 Å². The molecule has 0 radical (unpaired) electrons. The zero-order valence-electron chi connectivity index (χ0n) is 18.0. The molecule has 2 N–H and O–H groups in total. The molecule has 0 aliphatic carbocycles. The maximum atomic E-state index is 13.6. The molecule has 1 unspecified atom stereocenters. The first kappa shape index (κ1) is 21.8. The summed E-state index contributed by atoms with van der Waals surface area (Å²) in [5.41, 5.74) is 2.36. The van der Waals surface area contributed by atoms with E-state index < -0.39 is 0 Å². The van der Waals surface area contributed by atoms with Crippen LogP contribution in [0.25, 0.3) is 20.4 Å². The molecule has 8 heteroatoms. The first-order valence-electron chi connectivity index (χ1n) is 10.4. The number of anilines is 2. The number of alkyl halides is 1. The quantitative estimate of drug-likeness (QED) is 0.298. The van der Waals surface area contributed by atoms with Crippen molar-refractivity contribution >= 4 is 69.7 Å². The van der Waals surface area contributed by atoms with Crippen molar-refractivity contribution in [3.05, 3.63) is 58.5 Å². The average Bonchev–Trinajstić information content (AvgIpc) is 3.39. The Balaban J connectivity index is 1.58. The van der Waals surface area contributed by atoms with E-state index in [0.717, 1.165) is 25.0 Å². The summed E-state index contributed by atoms with van der Waals surface area (Å²) in [5.74, 6) is 0.891. The van der Waals surface area contributed by atoms with Gasteiger partial charge in [0.1, 0.15) is 0 Å². The Morgan fingerprint density at radius 2 is 2.00 bits per heavy atom. The predicted octanol–water partition coefficient (Wildman–Crippen LogP) is 4.71. The number of carbonyl (C=O) groups excluding carboxylic acids is 2. The van der Waals surface area contributed by atoms with Gasteiger partial charge in [-0.1, -0.05) is 0 Å². The van der Waals surface area contributed by atoms with Crippen LogP contribution in [0.2, 0.25) is 0 Å². The normalized spacial score (nSPS) is 15.1. The second-order valence-corrected chi connectivity index (χ2v) is 10.6. The Morgan fingerprint density at radius 3 is 2.73 bits per heavy atom. The third-order valence-electron chi connectivity index (χ3n) is 5.92. The third-order valence-corrected chi connectivity index (χ3v) is 8.61. The predicted molar refractivity (Wildman–Crippen MR) is 132 cm³/mol. The van der Waals surface area contributed by atoms with Crippen molar-refractivity contribution in [2.24, 2.45) is 0 Å². The molecule has 5 rings (SSSR count). The molecule has 4 aromatic rings. The molecule has 1 aliphatic heterocycles. The summed E-state index contributed by atoms with van der Waals surface area (Å²) in [5, 5.41) is 16.0. The van der Waals surface area contributed by atoms with Gasteiger partial charge in [-0.15, -0.1) is 0 Å². The summed E-state index contributed by atoms with van der Waals surface area (Å²) in [6.45, 7) is 1.92. The van der Waals surface area contributed by atoms with Gasteiger partial charge in [0, 0.05) is 0 Å². The number of nitrogens with zero attached hydrogens (tertiary/aromatic N) is 1. The summed E-state index contributed by atoms with van der Waals surface area (Å²) in [4.78, 5) is 26.7. The van der Waals surface area contributed by atoms with Crippen molar-refractivity contribution < 1.29 is 19.4 Å². The van der Waals surface area contributed by atoms with E-state index in [4.69, 9.17) is 16.3 Å². The average molecular weight is 528 g/mol. The van der Waals surface area contributed by atoms with Gasteiger partial charge in [-0.2, -0.15) is 0 Å². The second-order valence-electron chi connectivity index (χ2n) is 8.05. The van der Waals surface area contributed by atoms with Crippen LogP contribution < -0.4 is 15.0 Å². The number of aromatic hydroxyl groups is 1. The molecule has 2 amide bonds. The van der Waals surface area contributed by atoms with Crippen molar-refractivity contribution in [3.8, 4) is 11.5 Å². The Morgan fingerprint density at radius 1 is 1.18 bits per heavy atom. The molecule has 168 valence electrons. The first-order chi connectivity index (χ1) is 15.9. The SMILES string of the molecule is COc1ccc2c(O)cc3c(c2c1)C(CCl)CN3C(=O)c1cc2cc(NC(C)=O)ccc2[se]1. The molecule has 0 saturated heterocycles. The van der Waals surface area contributed by atoms with Crippen LogP contribution in [0.1, 0.15) is 27.6 Å². The summed E-state index contributed by atoms with van der Waals surface area (Å²) in [7, 11) is 1.60. The molecular formula is C25H21ClN2O4Se. The van der Waals surface area contributed by atoms with Gasteiger partial charge in [0.25, 0.3) is 0 Å². The first-order valence-corrected chi connectivity index (χ1v) is 12.7. The number of phenolic OH excluding ortho intramolecular Hbond substituents is 1. The summed E-state index contributed by atoms with van der Waals surface area (Å²) in [6, 6.07) is 14.8. The number of halogens is 1. The van der Waals surface area contributed by atoms with Crippen molar-refractivity contribution in [3.63, 3.8) is 0 Å². The molecule has 0 bridgehead atoms. The Kier molecular flexibility index (Phi) is 5.57. The van der Waals surface area contributed by atoms with E-state index in [0.29, 0.717) is 34.9 Å². The van der Waals surface area contributed by atoms with E-state index in [2.05, 4.69) is 5.32 Å². The van der Waals surface area contributed by atoms with E-state index in [9.17, 15) is 14.7 Å². The van der Waals surface area contributed by atoms with E-state index in [-0.39, 0.29) is 38.0 Å². The monoisotopic (exact) mass is 528 g/mol. The van der Waals surface area contributed by atoms with E-state index in [1.54, 1.807) is 24.1 Å². The fourth-order valence-corrected chi connectivity index (χ4v) is 6.80. The van der Waals surface area contributed by atoms with Crippen LogP contribution in [0.5, 0.6) is 11.5 Å². The molecule has 3 aromatic carbocycles. The number of methoxy groups -OCH3 is 1. The summed E-state index contributed by atoms with van der Waals surface area (Å²) in [6.07, 6.45) is 0. The third kappa shape index (κ3) is 3.76. The van der Waals surface area contributed by atoms with Gasteiger partial charge in [-0.25, -0.2) is 0 Å². The van der Waals surface area contributed by atoms with Crippen LogP contribution >= 0.6 is 11.6 Å². The van der Waals surface area contributed by atoms with Crippen molar-refractivity contribution in [1.82, 2.24) is 0 Å². The van der Waals surface area contributed by atoms with Crippen molar-refractivity contribution in [2.75, 3.05) is 29.8 Å². The minimum atomic E-state index is -0.150. The minimum absolute atomic E-state index is 0.0518. The fourth-order valence-electron chi connectivity index (χ4n) is 4.46. The molecule has 2 heterocycles. The van der Waals surface area contributed by atoms with Gasteiger partial charge < -0.3 is 0 Å². The Hall–Kier alpha value is -2.99. The summed E-state index contributed by atoms with van der Waals surface area (Å²) >= 11 is 6.18. The van der Waals surface area contributed by atoms with Crippen LogP contribution in [-0.4, -0.2) is 51.0 Å².